The fourth-order valence-corrected chi connectivity index (χ4v) is 3.33. The number of nitro benzene ring substituents is 1. The van der Waals surface area contributed by atoms with Crippen LogP contribution in [0.2, 0.25) is 0 Å². The van der Waals surface area contributed by atoms with Gasteiger partial charge < -0.3 is 19.1 Å². The normalized spacial score (nSPS) is 14.3. The second-order valence-electron chi connectivity index (χ2n) is 6.63. The molecule has 1 saturated heterocycles. The predicted octanol–water partition coefficient (Wildman–Crippen LogP) is 3.69. The van der Waals surface area contributed by atoms with Crippen LogP contribution >= 0.6 is 0 Å². The lowest BCUT2D eigenvalue weighted by molar-refractivity contribution is -0.384. The van der Waals surface area contributed by atoms with Crippen LogP contribution in [-0.4, -0.2) is 48.6 Å². The van der Waals surface area contributed by atoms with E-state index >= 15 is 0 Å². The van der Waals surface area contributed by atoms with Crippen LogP contribution in [-0.2, 0) is 0 Å². The second-order valence-corrected chi connectivity index (χ2v) is 6.63. The third kappa shape index (κ3) is 4.77. The highest BCUT2D eigenvalue weighted by molar-refractivity contribution is 5.97. The summed E-state index contributed by atoms with van der Waals surface area (Å²) >= 11 is 0. The average Bonchev–Trinajstić information content (AvgIpc) is 2.75. The summed E-state index contributed by atoms with van der Waals surface area (Å²) in [5.74, 6) is 1.44. The van der Waals surface area contributed by atoms with Crippen LogP contribution < -0.4 is 14.2 Å². The number of hydrogen-bond donors (Lipinski definition) is 0. The Morgan fingerprint density at radius 3 is 2.45 bits per heavy atom. The van der Waals surface area contributed by atoms with Crippen LogP contribution in [0, 0.1) is 10.1 Å². The number of carbonyl (C=O) groups is 1. The molecule has 0 spiro atoms. The van der Waals surface area contributed by atoms with Gasteiger partial charge in [-0.05, 0) is 25.1 Å². The molecular formula is C21H24N2O6. The number of amides is 1. The zero-order chi connectivity index (χ0) is 20.8. The minimum absolute atomic E-state index is 0.0346. The SMILES string of the molecule is CCOc1ccccc1OC1CCN(C(=O)c2cc([N+](=O)[O-])ccc2OC)CC1. The molecule has 8 nitrogen and oxygen atoms in total. The van der Waals surface area contributed by atoms with Crippen molar-refractivity contribution in [2.45, 2.75) is 25.9 Å². The Bertz CT molecular complexity index is 877. The van der Waals surface area contributed by atoms with E-state index in [9.17, 15) is 14.9 Å². The number of piperidine rings is 1. The van der Waals surface area contributed by atoms with E-state index in [1.54, 1.807) is 4.90 Å². The van der Waals surface area contributed by atoms with Gasteiger partial charge >= 0.3 is 0 Å². The minimum atomic E-state index is -0.522. The van der Waals surface area contributed by atoms with E-state index in [4.69, 9.17) is 14.2 Å². The monoisotopic (exact) mass is 400 g/mol. The number of nitro groups is 1. The molecule has 1 aliphatic heterocycles. The zero-order valence-corrected chi connectivity index (χ0v) is 16.5. The molecule has 0 saturated carbocycles. The summed E-state index contributed by atoms with van der Waals surface area (Å²) in [6.45, 7) is 3.46. The Labute approximate surface area is 169 Å². The fourth-order valence-electron chi connectivity index (χ4n) is 3.33. The molecule has 8 heteroatoms. The van der Waals surface area contributed by atoms with Crippen molar-refractivity contribution in [3.63, 3.8) is 0 Å². The summed E-state index contributed by atoms with van der Waals surface area (Å²) in [5, 5.41) is 11.1. The number of hydrogen-bond acceptors (Lipinski definition) is 6. The van der Waals surface area contributed by atoms with E-state index in [0.717, 1.165) is 0 Å². The molecule has 1 fully saturated rings. The highest BCUT2D eigenvalue weighted by Gasteiger charge is 2.28. The predicted molar refractivity (Wildman–Crippen MR) is 107 cm³/mol. The Morgan fingerprint density at radius 1 is 1.14 bits per heavy atom. The molecule has 0 bridgehead atoms. The lowest BCUT2D eigenvalue weighted by Gasteiger charge is -2.32. The van der Waals surface area contributed by atoms with Crippen LogP contribution in [0.25, 0.3) is 0 Å². The second kappa shape index (κ2) is 9.27. The number of nitrogens with zero attached hydrogens (tertiary/aromatic N) is 2. The maximum atomic E-state index is 12.9. The van der Waals surface area contributed by atoms with Crippen LogP contribution in [0.5, 0.6) is 17.2 Å². The molecule has 3 rings (SSSR count). The molecule has 0 atom stereocenters. The first kappa shape index (κ1) is 20.4. The summed E-state index contributed by atoms with van der Waals surface area (Å²) in [7, 11) is 1.44. The van der Waals surface area contributed by atoms with Gasteiger partial charge in [-0.2, -0.15) is 0 Å². The van der Waals surface area contributed by atoms with E-state index in [-0.39, 0.29) is 23.3 Å². The van der Waals surface area contributed by atoms with Gasteiger partial charge in [0.25, 0.3) is 11.6 Å². The number of benzene rings is 2. The van der Waals surface area contributed by atoms with Gasteiger partial charge in [0.2, 0.25) is 0 Å². The molecule has 1 amide bonds. The van der Waals surface area contributed by atoms with Crippen LogP contribution in [0.3, 0.4) is 0 Å². The maximum Gasteiger partial charge on any atom is 0.270 e. The largest absolute Gasteiger partial charge is 0.496 e. The Morgan fingerprint density at radius 2 is 1.83 bits per heavy atom. The van der Waals surface area contributed by atoms with Crippen molar-refractivity contribution < 1.29 is 23.9 Å². The van der Waals surface area contributed by atoms with Crippen molar-refractivity contribution >= 4 is 11.6 Å². The molecule has 1 aliphatic rings. The quantitative estimate of drug-likeness (QED) is 0.520. The van der Waals surface area contributed by atoms with Crippen molar-refractivity contribution in [1.29, 1.82) is 0 Å². The minimum Gasteiger partial charge on any atom is -0.496 e. The number of non-ortho nitro benzene ring substituents is 1. The van der Waals surface area contributed by atoms with E-state index in [1.165, 1.54) is 25.3 Å². The van der Waals surface area contributed by atoms with Gasteiger partial charge in [0.05, 0.1) is 24.2 Å². The number of para-hydroxylation sites is 2. The van der Waals surface area contributed by atoms with Crippen LogP contribution in [0.15, 0.2) is 42.5 Å². The lowest BCUT2D eigenvalue weighted by Crippen LogP contribution is -2.42. The molecule has 1 heterocycles. The Hall–Kier alpha value is -3.29. The summed E-state index contributed by atoms with van der Waals surface area (Å²) in [4.78, 5) is 25.1. The molecule has 2 aromatic rings. The van der Waals surface area contributed by atoms with Crippen molar-refractivity contribution in [1.82, 2.24) is 4.90 Å². The van der Waals surface area contributed by atoms with E-state index in [0.29, 0.717) is 49.8 Å². The average molecular weight is 400 g/mol. The Balaban J connectivity index is 1.66. The highest BCUT2D eigenvalue weighted by atomic mass is 16.6. The van der Waals surface area contributed by atoms with Gasteiger partial charge in [-0.1, -0.05) is 12.1 Å². The van der Waals surface area contributed by atoms with E-state index in [2.05, 4.69) is 0 Å². The molecule has 154 valence electrons. The van der Waals surface area contributed by atoms with E-state index in [1.807, 2.05) is 31.2 Å². The fraction of sp³-hybridized carbons (Fsp3) is 0.381. The summed E-state index contributed by atoms with van der Waals surface area (Å²) < 4.78 is 16.9. The lowest BCUT2D eigenvalue weighted by atomic mass is 10.1. The number of rotatable bonds is 7. The number of methoxy groups -OCH3 is 1. The highest BCUT2D eigenvalue weighted by Crippen LogP contribution is 2.30. The zero-order valence-electron chi connectivity index (χ0n) is 16.5. The molecule has 2 aromatic carbocycles. The van der Waals surface area contributed by atoms with Gasteiger partial charge in [0, 0.05) is 38.1 Å². The summed E-state index contributed by atoms with van der Waals surface area (Å²) in [6.07, 6.45) is 1.28. The molecule has 0 unspecified atom stereocenters. The van der Waals surface area contributed by atoms with E-state index < -0.39 is 4.92 Å². The topological polar surface area (TPSA) is 91.1 Å². The molecule has 0 N–H and O–H groups in total. The maximum absolute atomic E-state index is 12.9. The third-order valence-corrected chi connectivity index (χ3v) is 4.80. The first-order valence-electron chi connectivity index (χ1n) is 9.53. The summed E-state index contributed by atoms with van der Waals surface area (Å²) in [6, 6.07) is 11.6. The number of likely N-dealkylation sites (tertiary alicyclic amines) is 1. The van der Waals surface area contributed by atoms with Crippen molar-refractivity contribution in [2.24, 2.45) is 0 Å². The van der Waals surface area contributed by atoms with Crippen molar-refractivity contribution in [2.75, 3.05) is 26.8 Å². The molecular weight excluding hydrogens is 376 g/mol. The first-order valence-corrected chi connectivity index (χ1v) is 9.53. The molecule has 29 heavy (non-hydrogen) atoms. The summed E-state index contributed by atoms with van der Waals surface area (Å²) in [5.41, 5.74) is 0.0580. The van der Waals surface area contributed by atoms with Gasteiger partial charge in [0.1, 0.15) is 11.9 Å². The number of ether oxygens (including phenoxy) is 3. The number of carbonyl (C=O) groups excluding carboxylic acids is 1. The Kier molecular flexibility index (Phi) is 6.54. The van der Waals surface area contributed by atoms with Crippen molar-refractivity contribution in [3.05, 3.63) is 58.1 Å². The van der Waals surface area contributed by atoms with Gasteiger partial charge in [-0.15, -0.1) is 0 Å². The molecule has 0 aromatic heterocycles. The van der Waals surface area contributed by atoms with Gasteiger partial charge in [0.15, 0.2) is 11.5 Å². The van der Waals surface area contributed by atoms with Crippen LogP contribution in [0.1, 0.15) is 30.1 Å². The standard InChI is InChI=1S/C21H24N2O6/c1-3-28-19-6-4-5-7-20(19)29-16-10-12-22(13-11-16)21(24)17-14-15(23(25)26)8-9-18(17)27-2/h4-9,14,16H,3,10-13H2,1-2H3. The molecule has 0 aliphatic carbocycles. The van der Waals surface area contributed by atoms with Gasteiger partial charge in [-0.3, -0.25) is 14.9 Å². The first-order chi connectivity index (χ1) is 14.0. The molecule has 0 radical (unpaired) electrons. The van der Waals surface area contributed by atoms with Crippen molar-refractivity contribution in [3.8, 4) is 17.2 Å². The smallest absolute Gasteiger partial charge is 0.270 e. The van der Waals surface area contributed by atoms with Gasteiger partial charge in [-0.25, -0.2) is 0 Å². The van der Waals surface area contributed by atoms with Crippen LogP contribution in [0.4, 0.5) is 5.69 Å². The third-order valence-electron chi connectivity index (χ3n) is 4.80.